The summed E-state index contributed by atoms with van der Waals surface area (Å²) in [6, 6.07) is 1.15. The first-order valence-electron chi connectivity index (χ1n) is 6.16. The smallest absolute Gasteiger partial charge is 0.0636 e. The molecule has 2 atom stereocenters. The molecule has 0 aromatic carbocycles. The van der Waals surface area contributed by atoms with Gasteiger partial charge in [0.05, 0.1) is 6.61 Å². The third-order valence-electron chi connectivity index (χ3n) is 3.01. The standard InChI is InChI=1S/C12H26N2O/c1-5-13-11-6-7-15-9-12(11)14(4)8-10(2)3/h10-13H,5-9H2,1-4H3. The van der Waals surface area contributed by atoms with Crippen molar-refractivity contribution in [2.45, 2.75) is 39.3 Å². The average Bonchev–Trinajstić information content (AvgIpc) is 2.18. The molecule has 1 N–H and O–H groups in total. The second-order valence-corrected chi connectivity index (χ2v) is 4.93. The maximum atomic E-state index is 5.58. The molecular formula is C12H26N2O. The lowest BCUT2D eigenvalue weighted by Gasteiger charge is -2.38. The van der Waals surface area contributed by atoms with E-state index in [4.69, 9.17) is 4.74 Å². The fourth-order valence-corrected chi connectivity index (χ4v) is 2.37. The molecule has 0 aromatic rings. The molecule has 1 saturated heterocycles. The summed E-state index contributed by atoms with van der Waals surface area (Å²) in [6.07, 6.45) is 1.14. The van der Waals surface area contributed by atoms with Gasteiger partial charge >= 0.3 is 0 Å². The molecule has 0 aromatic heterocycles. The summed E-state index contributed by atoms with van der Waals surface area (Å²) in [7, 11) is 2.21. The van der Waals surface area contributed by atoms with Gasteiger partial charge in [-0.25, -0.2) is 0 Å². The third kappa shape index (κ3) is 4.09. The van der Waals surface area contributed by atoms with E-state index in [-0.39, 0.29) is 0 Å². The Bertz CT molecular complexity index is 171. The predicted octanol–water partition coefficient (Wildman–Crippen LogP) is 1.34. The number of hydrogen-bond donors (Lipinski definition) is 1. The number of nitrogens with zero attached hydrogens (tertiary/aromatic N) is 1. The highest BCUT2D eigenvalue weighted by molar-refractivity contribution is 4.86. The van der Waals surface area contributed by atoms with Crippen molar-refractivity contribution < 1.29 is 4.74 Å². The monoisotopic (exact) mass is 214 g/mol. The van der Waals surface area contributed by atoms with Crippen LogP contribution in [0.1, 0.15) is 27.2 Å². The van der Waals surface area contributed by atoms with E-state index < -0.39 is 0 Å². The predicted molar refractivity (Wildman–Crippen MR) is 64.2 cm³/mol. The molecule has 0 saturated carbocycles. The SMILES string of the molecule is CCNC1CCOCC1N(C)CC(C)C. The van der Waals surface area contributed by atoms with Crippen molar-refractivity contribution in [1.29, 1.82) is 0 Å². The molecule has 90 valence electrons. The second-order valence-electron chi connectivity index (χ2n) is 4.93. The number of ether oxygens (including phenoxy) is 1. The molecule has 0 spiro atoms. The van der Waals surface area contributed by atoms with E-state index in [1.54, 1.807) is 0 Å². The van der Waals surface area contributed by atoms with E-state index in [1.165, 1.54) is 0 Å². The first kappa shape index (κ1) is 12.9. The molecule has 1 fully saturated rings. The molecule has 15 heavy (non-hydrogen) atoms. The number of hydrogen-bond acceptors (Lipinski definition) is 3. The fraction of sp³-hybridized carbons (Fsp3) is 1.00. The molecule has 1 aliphatic rings. The van der Waals surface area contributed by atoms with Crippen LogP contribution in [-0.4, -0.2) is 50.3 Å². The molecule has 0 bridgehead atoms. The van der Waals surface area contributed by atoms with Gasteiger partial charge in [0, 0.05) is 25.2 Å². The van der Waals surface area contributed by atoms with Crippen molar-refractivity contribution in [2.75, 3.05) is 33.4 Å². The molecule has 1 heterocycles. The number of nitrogens with one attached hydrogen (secondary N) is 1. The second kappa shape index (κ2) is 6.46. The van der Waals surface area contributed by atoms with Crippen molar-refractivity contribution in [1.82, 2.24) is 10.2 Å². The Balaban J connectivity index is 2.46. The minimum atomic E-state index is 0.543. The van der Waals surface area contributed by atoms with Crippen LogP contribution in [0, 0.1) is 5.92 Å². The van der Waals surface area contributed by atoms with Crippen LogP contribution in [-0.2, 0) is 4.74 Å². The van der Waals surface area contributed by atoms with Crippen LogP contribution in [0.3, 0.4) is 0 Å². The van der Waals surface area contributed by atoms with Crippen LogP contribution in [0.25, 0.3) is 0 Å². The largest absolute Gasteiger partial charge is 0.380 e. The number of rotatable bonds is 5. The summed E-state index contributed by atoms with van der Waals surface area (Å²) >= 11 is 0. The zero-order valence-corrected chi connectivity index (χ0v) is 10.6. The van der Waals surface area contributed by atoms with Crippen LogP contribution in [0.2, 0.25) is 0 Å². The zero-order valence-electron chi connectivity index (χ0n) is 10.6. The van der Waals surface area contributed by atoms with Gasteiger partial charge in [-0.05, 0) is 25.9 Å². The lowest BCUT2D eigenvalue weighted by Crippen LogP contribution is -2.54. The Morgan fingerprint density at radius 3 is 2.80 bits per heavy atom. The summed E-state index contributed by atoms with van der Waals surface area (Å²) in [5, 5.41) is 3.57. The Kier molecular flexibility index (Phi) is 5.58. The first-order valence-corrected chi connectivity index (χ1v) is 6.16. The minimum absolute atomic E-state index is 0.543. The molecule has 0 aliphatic carbocycles. The van der Waals surface area contributed by atoms with Crippen molar-refractivity contribution in [2.24, 2.45) is 5.92 Å². The average molecular weight is 214 g/mol. The Hall–Kier alpha value is -0.120. The minimum Gasteiger partial charge on any atom is -0.380 e. The van der Waals surface area contributed by atoms with E-state index in [0.29, 0.717) is 12.1 Å². The van der Waals surface area contributed by atoms with Gasteiger partial charge < -0.3 is 10.1 Å². The maximum Gasteiger partial charge on any atom is 0.0636 e. The highest BCUT2D eigenvalue weighted by atomic mass is 16.5. The van der Waals surface area contributed by atoms with Crippen molar-refractivity contribution in [3.63, 3.8) is 0 Å². The highest BCUT2D eigenvalue weighted by Crippen LogP contribution is 2.14. The molecule has 3 nitrogen and oxygen atoms in total. The molecule has 0 radical (unpaired) electrons. The van der Waals surface area contributed by atoms with Crippen molar-refractivity contribution >= 4 is 0 Å². The quantitative estimate of drug-likeness (QED) is 0.747. The number of likely N-dealkylation sites (N-methyl/N-ethyl adjacent to an activating group) is 2. The van der Waals surface area contributed by atoms with Gasteiger partial charge in [0.1, 0.15) is 0 Å². The van der Waals surface area contributed by atoms with Gasteiger partial charge in [0.15, 0.2) is 0 Å². The Morgan fingerprint density at radius 1 is 1.47 bits per heavy atom. The van der Waals surface area contributed by atoms with E-state index in [9.17, 15) is 0 Å². The normalized spacial score (nSPS) is 27.6. The third-order valence-corrected chi connectivity index (χ3v) is 3.01. The Morgan fingerprint density at radius 2 is 2.20 bits per heavy atom. The van der Waals surface area contributed by atoms with E-state index in [0.717, 1.165) is 38.6 Å². The van der Waals surface area contributed by atoms with Crippen LogP contribution in [0.5, 0.6) is 0 Å². The maximum absolute atomic E-state index is 5.58. The fourth-order valence-electron chi connectivity index (χ4n) is 2.37. The molecule has 1 aliphatic heterocycles. The van der Waals surface area contributed by atoms with Gasteiger partial charge in [-0.3, -0.25) is 4.90 Å². The summed E-state index contributed by atoms with van der Waals surface area (Å²) in [6.45, 7) is 10.7. The highest BCUT2D eigenvalue weighted by Gasteiger charge is 2.28. The molecule has 2 unspecified atom stereocenters. The van der Waals surface area contributed by atoms with Crippen LogP contribution in [0.4, 0.5) is 0 Å². The summed E-state index contributed by atoms with van der Waals surface area (Å²) in [5.41, 5.74) is 0. The molecule has 1 rings (SSSR count). The summed E-state index contributed by atoms with van der Waals surface area (Å²) in [5.74, 6) is 0.721. The summed E-state index contributed by atoms with van der Waals surface area (Å²) in [4.78, 5) is 2.44. The Labute approximate surface area is 94.2 Å². The van der Waals surface area contributed by atoms with Crippen LogP contribution >= 0.6 is 0 Å². The van der Waals surface area contributed by atoms with Gasteiger partial charge in [0.25, 0.3) is 0 Å². The lowest BCUT2D eigenvalue weighted by atomic mass is 10.0. The van der Waals surface area contributed by atoms with Gasteiger partial charge in [-0.15, -0.1) is 0 Å². The zero-order chi connectivity index (χ0) is 11.3. The van der Waals surface area contributed by atoms with Gasteiger partial charge in [0.2, 0.25) is 0 Å². The molecular weight excluding hydrogens is 188 g/mol. The van der Waals surface area contributed by atoms with E-state index in [2.05, 4.69) is 38.0 Å². The molecule has 0 amide bonds. The lowest BCUT2D eigenvalue weighted by molar-refractivity contribution is 0.00324. The topological polar surface area (TPSA) is 24.5 Å². The van der Waals surface area contributed by atoms with Crippen LogP contribution in [0.15, 0.2) is 0 Å². The van der Waals surface area contributed by atoms with Crippen LogP contribution < -0.4 is 5.32 Å². The van der Waals surface area contributed by atoms with Crippen molar-refractivity contribution in [3.05, 3.63) is 0 Å². The van der Waals surface area contributed by atoms with Gasteiger partial charge in [-0.1, -0.05) is 20.8 Å². The van der Waals surface area contributed by atoms with Crippen molar-refractivity contribution in [3.8, 4) is 0 Å². The van der Waals surface area contributed by atoms with E-state index >= 15 is 0 Å². The van der Waals surface area contributed by atoms with Gasteiger partial charge in [-0.2, -0.15) is 0 Å². The first-order chi connectivity index (χ1) is 7.15. The van der Waals surface area contributed by atoms with E-state index in [1.807, 2.05) is 0 Å². The molecule has 3 heteroatoms. The summed E-state index contributed by atoms with van der Waals surface area (Å²) < 4.78 is 5.58.